The first-order valence-electron chi connectivity index (χ1n) is 8.98. The minimum absolute atomic E-state index is 0.0154. The van der Waals surface area contributed by atoms with Crippen LogP contribution in [0.25, 0.3) is 0 Å². The van der Waals surface area contributed by atoms with Crippen LogP contribution in [0.1, 0.15) is 25.0 Å². The number of benzene rings is 1. The molecule has 6 heteroatoms. The Bertz CT molecular complexity index is 620. The predicted molar refractivity (Wildman–Crippen MR) is 92.5 cm³/mol. The highest BCUT2D eigenvalue weighted by atomic mass is 16.5. The smallest absolute Gasteiger partial charge is 0.226 e. The van der Waals surface area contributed by atoms with Gasteiger partial charge in [0.15, 0.2) is 0 Å². The fourth-order valence-corrected chi connectivity index (χ4v) is 3.57. The van der Waals surface area contributed by atoms with E-state index in [2.05, 4.69) is 0 Å². The van der Waals surface area contributed by atoms with Gasteiger partial charge in [-0.15, -0.1) is 0 Å². The first-order chi connectivity index (χ1) is 12.0. The summed E-state index contributed by atoms with van der Waals surface area (Å²) in [4.78, 5) is 14.4. The lowest BCUT2D eigenvalue weighted by molar-refractivity contribution is -0.141. The maximum atomic E-state index is 12.7. The van der Waals surface area contributed by atoms with E-state index in [4.69, 9.17) is 9.47 Å². The molecule has 2 N–H and O–H groups in total. The van der Waals surface area contributed by atoms with E-state index in [1.807, 2.05) is 32.0 Å². The molecule has 1 unspecified atom stereocenters. The quantitative estimate of drug-likeness (QED) is 0.821. The van der Waals surface area contributed by atoms with Crippen LogP contribution in [0.5, 0.6) is 5.75 Å². The summed E-state index contributed by atoms with van der Waals surface area (Å²) in [7, 11) is 0. The molecule has 1 saturated heterocycles. The zero-order chi connectivity index (χ0) is 18.0. The standard InChI is InChI=1S/C19H27NO5/c1-3-20(9-15-10-24-11-16(21)19(15)23)18(22)8-13-4-5-17-14(7-13)6-12(2)25-17/h4-5,7,12,15-16,19,21,23H,3,6,8-11H2,1-2H3/t12?,15-,16-,19+/m1/s1. The van der Waals surface area contributed by atoms with E-state index in [0.717, 1.165) is 23.3 Å². The van der Waals surface area contributed by atoms with Crippen LogP contribution in [0.2, 0.25) is 0 Å². The molecule has 4 atom stereocenters. The SMILES string of the molecule is CCN(C[C@@H]1COC[C@@H](O)[C@H]1O)C(=O)Cc1ccc2c(c1)CC(C)O2. The molecule has 0 aromatic heterocycles. The van der Waals surface area contributed by atoms with Gasteiger partial charge >= 0.3 is 0 Å². The largest absolute Gasteiger partial charge is 0.490 e. The van der Waals surface area contributed by atoms with Gasteiger partial charge in [0.2, 0.25) is 5.91 Å². The molecule has 0 aliphatic carbocycles. The second-order valence-electron chi connectivity index (χ2n) is 7.04. The second kappa shape index (κ2) is 7.72. The van der Waals surface area contributed by atoms with Crippen molar-refractivity contribution >= 4 is 5.91 Å². The molecule has 1 amide bonds. The second-order valence-corrected chi connectivity index (χ2v) is 7.04. The van der Waals surface area contributed by atoms with Crippen LogP contribution < -0.4 is 4.74 Å². The van der Waals surface area contributed by atoms with Crippen LogP contribution in [0.4, 0.5) is 0 Å². The number of carbonyl (C=O) groups is 1. The van der Waals surface area contributed by atoms with Crippen LogP contribution in [-0.4, -0.2) is 65.6 Å². The van der Waals surface area contributed by atoms with Crippen molar-refractivity contribution in [1.82, 2.24) is 4.90 Å². The first-order valence-corrected chi connectivity index (χ1v) is 8.98. The number of fused-ring (bicyclic) bond motifs is 1. The molecule has 1 aromatic rings. The Morgan fingerprint density at radius 2 is 2.12 bits per heavy atom. The molecule has 2 heterocycles. The van der Waals surface area contributed by atoms with E-state index in [-0.39, 0.29) is 24.5 Å². The number of ether oxygens (including phenoxy) is 2. The van der Waals surface area contributed by atoms with E-state index in [0.29, 0.717) is 26.1 Å². The van der Waals surface area contributed by atoms with E-state index in [1.165, 1.54) is 0 Å². The number of carbonyl (C=O) groups excluding carboxylic acids is 1. The summed E-state index contributed by atoms with van der Waals surface area (Å²) in [5, 5.41) is 19.8. The molecule has 3 rings (SSSR count). The molecule has 0 radical (unpaired) electrons. The number of likely N-dealkylation sites (N-methyl/N-ethyl adjacent to an activating group) is 1. The number of aliphatic hydroxyl groups excluding tert-OH is 2. The zero-order valence-electron chi connectivity index (χ0n) is 14.9. The molecule has 25 heavy (non-hydrogen) atoms. The van der Waals surface area contributed by atoms with Gasteiger partial charge in [-0.2, -0.15) is 0 Å². The molecule has 6 nitrogen and oxygen atoms in total. The zero-order valence-corrected chi connectivity index (χ0v) is 14.9. The van der Waals surface area contributed by atoms with Gasteiger partial charge in [0.05, 0.1) is 25.7 Å². The molecule has 138 valence electrons. The third kappa shape index (κ3) is 4.14. The van der Waals surface area contributed by atoms with Crippen molar-refractivity contribution in [3.8, 4) is 5.75 Å². The molecule has 1 fully saturated rings. The fraction of sp³-hybridized carbons (Fsp3) is 0.632. The van der Waals surface area contributed by atoms with E-state index >= 15 is 0 Å². The van der Waals surface area contributed by atoms with E-state index < -0.39 is 12.2 Å². The fourth-order valence-electron chi connectivity index (χ4n) is 3.57. The van der Waals surface area contributed by atoms with Crippen LogP contribution in [0.15, 0.2) is 18.2 Å². The van der Waals surface area contributed by atoms with Crippen LogP contribution in [0.3, 0.4) is 0 Å². The number of hydrogen-bond donors (Lipinski definition) is 2. The maximum absolute atomic E-state index is 12.7. The molecule has 0 spiro atoms. The maximum Gasteiger partial charge on any atom is 0.226 e. The Balaban J connectivity index is 1.62. The number of amides is 1. The average molecular weight is 349 g/mol. The highest BCUT2D eigenvalue weighted by Gasteiger charge is 2.33. The Morgan fingerprint density at radius 1 is 1.32 bits per heavy atom. The van der Waals surface area contributed by atoms with E-state index in [9.17, 15) is 15.0 Å². The van der Waals surface area contributed by atoms with Gasteiger partial charge in [-0.25, -0.2) is 0 Å². The molecular weight excluding hydrogens is 322 g/mol. The van der Waals surface area contributed by atoms with Gasteiger partial charge in [-0.05, 0) is 31.0 Å². The van der Waals surface area contributed by atoms with Crippen LogP contribution >= 0.6 is 0 Å². The van der Waals surface area contributed by atoms with Gasteiger partial charge in [0.25, 0.3) is 0 Å². The molecule has 1 aromatic carbocycles. The Hall–Kier alpha value is -1.63. The third-order valence-electron chi connectivity index (χ3n) is 5.00. The molecule has 0 bridgehead atoms. The monoisotopic (exact) mass is 349 g/mol. The topological polar surface area (TPSA) is 79.2 Å². The summed E-state index contributed by atoms with van der Waals surface area (Å²) in [6.45, 7) is 5.41. The lowest BCUT2D eigenvalue weighted by atomic mass is 9.95. The first kappa shape index (κ1) is 18.2. The average Bonchev–Trinajstić information content (AvgIpc) is 2.95. The lowest BCUT2D eigenvalue weighted by Gasteiger charge is -2.35. The summed E-state index contributed by atoms with van der Waals surface area (Å²) >= 11 is 0. The molecule has 2 aliphatic heterocycles. The van der Waals surface area contributed by atoms with Crippen molar-refractivity contribution in [2.75, 3.05) is 26.3 Å². The number of rotatable bonds is 5. The number of nitrogens with zero attached hydrogens (tertiary/aromatic N) is 1. The summed E-state index contributed by atoms with van der Waals surface area (Å²) in [5.41, 5.74) is 2.13. The van der Waals surface area contributed by atoms with Gasteiger partial charge < -0.3 is 24.6 Å². The predicted octanol–water partition coefficient (Wildman–Crippen LogP) is 0.769. The minimum atomic E-state index is -0.883. The van der Waals surface area contributed by atoms with Crippen LogP contribution in [-0.2, 0) is 22.4 Å². The van der Waals surface area contributed by atoms with Crippen molar-refractivity contribution < 1.29 is 24.5 Å². The summed E-state index contributed by atoms with van der Waals surface area (Å²) < 4.78 is 11.0. The molecule has 0 saturated carbocycles. The molecular formula is C19H27NO5. The van der Waals surface area contributed by atoms with Crippen molar-refractivity contribution in [1.29, 1.82) is 0 Å². The Labute approximate surface area is 148 Å². The van der Waals surface area contributed by atoms with Crippen LogP contribution in [0, 0.1) is 5.92 Å². The van der Waals surface area contributed by atoms with Gasteiger partial charge in [-0.1, -0.05) is 12.1 Å². The highest BCUT2D eigenvalue weighted by Crippen LogP contribution is 2.29. The van der Waals surface area contributed by atoms with Crippen molar-refractivity contribution in [3.05, 3.63) is 29.3 Å². The minimum Gasteiger partial charge on any atom is -0.490 e. The third-order valence-corrected chi connectivity index (χ3v) is 5.00. The summed E-state index contributed by atoms with van der Waals surface area (Å²) in [6.07, 6.45) is -0.354. The highest BCUT2D eigenvalue weighted by molar-refractivity contribution is 5.79. The van der Waals surface area contributed by atoms with Gasteiger partial charge in [0.1, 0.15) is 18.0 Å². The normalized spacial score (nSPS) is 28.3. The lowest BCUT2D eigenvalue weighted by Crippen LogP contribution is -2.49. The van der Waals surface area contributed by atoms with Gasteiger partial charge in [-0.3, -0.25) is 4.79 Å². The number of hydrogen-bond acceptors (Lipinski definition) is 5. The van der Waals surface area contributed by atoms with E-state index in [1.54, 1.807) is 4.90 Å². The van der Waals surface area contributed by atoms with Gasteiger partial charge in [0, 0.05) is 25.4 Å². The summed E-state index contributed by atoms with van der Waals surface area (Å²) in [5.74, 6) is 0.663. The summed E-state index contributed by atoms with van der Waals surface area (Å²) in [6, 6.07) is 5.92. The Morgan fingerprint density at radius 3 is 2.88 bits per heavy atom. The van der Waals surface area contributed by atoms with Crippen molar-refractivity contribution in [2.24, 2.45) is 5.92 Å². The van der Waals surface area contributed by atoms with Crippen molar-refractivity contribution in [3.63, 3.8) is 0 Å². The van der Waals surface area contributed by atoms with Crippen molar-refractivity contribution in [2.45, 2.75) is 45.0 Å². The number of aliphatic hydroxyl groups is 2. The molecule has 2 aliphatic rings. The Kier molecular flexibility index (Phi) is 5.61.